The van der Waals surface area contributed by atoms with Crippen LogP contribution in [0.1, 0.15) is 13.8 Å². The lowest BCUT2D eigenvalue weighted by molar-refractivity contribution is 0.173. The average Bonchev–Trinajstić information content (AvgIpc) is 2.42. The van der Waals surface area contributed by atoms with Crippen LogP contribution in [0.2, 0.25) is 5.28 Å². The van der Waals surface area contributed by atoms with E-state index in [4.69, 9.17) is 20.9 Å². The van der Waals surface area contributed by atoms with Gasteiger partial charge in [0.1, 0.15) is 5.60 Å². The van der Waals surface area contributed by atoms with Gasteiger partial charge in [0.25, 0.3) is 0 Å². The minimum atomic E-state index is -0.496. The Hall–Kier alpha value is -1.07. The summed E-state index contributed by atoms with van der Waals surface area (Å²) < 4.78 is 11.1. The summed E-state index contributed by atoms with van der Waals surface area (Å²) in [5, 5.41) is 0.204. The fourth-order valence-electron chi connectivity index (χ4n) is 1.21. The second-order valence-electron chi connectivity index (χ2n) is 3.79. The van der Waals surface area contributed by atoms with Crippen LogP contribution in [0.5, 0.6) is 0 Å². The zero-order chi connectivity index (χ0) is 11.1. The molecular weight excluding hydrogens is 214 g/mol. The van der Waals surface area contributed by atoms with Crippen molar-refractivity contribution in [2.45, 2.75) is 19.4 Å². The Bertz CT molecular complexity index is 394. The highest BCUT2D eigenvalue weighted by atomic mass is 35.5. The first-order valence-corrected chi connectivity index (χ1v) is 4.88. The van der Waals surface area contributed by atoms with E-state index in [1.54, 1.807) is 12.4 Å². The lowest BCUT2D eigenvalue weighted by Gasteiger charge is -2.15. The predicted octanol–water partition coefficient (Wildman–Crippen LogP) is 1.16. The van der Waals surface area contributed by atoms with E-state index in [-0.39, 0.29) is 5.28 Å². The first kappa shape index (κ1) is 10.5. The van der Waals surface area contributed by atoms with E-state index in [0.29, 0.717) is 5.76 Å². The molecule has 0 aliphatic carbocycles. The third kappa shape index (κ3) is 1.98. The number of hydrogen-bond acceptors (Lipinski definition) is 4. The molecule has 0 N–H and O–H groups in total. The van der Waals surface area contributed by atoms with Crippen LogP contribution < -0.4 is 5.46 Å². The van der Waals surface area contributed by atoms with E-state index in [0.717, 1.165) is 5.46 Å². The molecule has 0 saturated carbocycles. The van der Waals surface area contributed by atoms with Crippen LogP contribution in [0.25, 0.3) is 0 Å². The molecule has 1 aliphatic heterocycles. The number of hydrogen-bond donors (Lipinski definition) is 0. The van der Waals surface area contributed by atoms with Crippen LogP contribution in [0.3, 0.4) is 0 Å². The lowest BCUT2D eigenvalue weighted by Crippen LogP contribution is -2.35. The van der Waals surface area contributed by atoms with Gasteiger partial charge in [-0.2, -0.15) is 0 Å². The van der Waals surface area contributed by atoms with Gasteiger partial charge in [-0.25, -0.2) is 9.97 Å². The molecule has 1 aromatic rings. The predicted molar refractivity (Wildman–Crippen MR) is 57.8 cm³/mol. The third-order valence-electron chi connectivity index (χ3n) is 2.23. The van der Waals surface area contributed by atoms with E-state index < -0.39 is 12.7 Å². The Balaban J connectivity index is 2.21. The summed E-state index contributed by atoms with van der Waals surface area (Å²) in [5.41, 5.74) is 0.246. The van der Waals surface area contributed by atoms with E-state index >= 15 is 0 Å². The monoisotopic (exact) mass is 224 g/mol. The summed E-state index contributed by atoms with van der Waals surface area (Å²) in [6.45, 7) is 7.58. The van der Waals surface area contributed by atoms with Crippen molar-refractivity contribution in [2.24, 2.45) is 0 Å². The topological polar surface area (TPSA) is 44.2 Å². The molecule has 0 bridgehead atoms. The quantitative estimate of drug-likeness (QED) is 0.530. The largest absolute Gasteiger partial charge is 0.566 e. The molecule has 0 amide bonds. The highest BCUT2D eigenvalue weighted by Gasteiger charge is 2.43. The zero-order valence-electron chi connectivity index (χ0n) is 8.53. The van der Waals surface area contributed by atoms with Crippen molar-refractivity contribution in [1.29, 1.82) is 0 Å². The van der Waals surface area contributed by atoms with E-state index in [1.165, 1.54) is 0 Å². The summed E-state index contributed by atoms with van der Waals surface area (Å²) in [6, 6.07) is 0. The average molecular weight is 224 g/mol. The van der Waals surface area contributed by atoms with E-state index in [9.17, 15) is 0 Å². The minimum Gasteiger partial charge on any atom is -0.534 e. The zero-order valence-corrected chi connectivity index (χ0v) is 9.28. The summed E-state index contributed by atoms with van der Waals surface area (Å²) in [7, 11) is -0.496. The smallest absolute Gasteiger partial charge is 0.534 e. The minimum absolute atomic E-state index is 0.204. The summed E-state index contributed by atoms with van der Waals surface area (Å²) in [6.07, 6.45) is 3.16. The highest BCUT2D eigenvalue weighted by Crippen LogP contribution is 2.28. The van der Waals surface area contributed by atoms with Gasteiger partial charge in [-0.05, 0) is 25.4 Å². The molecule has 78 valence electrons. The van der Waals surface area contributed by atoms with E-state index in [2.05, 4.69) is 16.5 Å². The van der Waals surface area contributed by atoms with Crippen LogP contribution in [-0.2, 0) is 9.31 Å². The second-order valence-corrected chi connectivity index (χ2v) is 4.12. The fourth-order valence-corrected chi connectivity index (χ4v) is 1.31. The standard InChI is InChI=1S/C9H10BClN2O2/c1-6-9(2,3)15-10(14-6)7-4-12-8(11)13-5-7/h4-5H,1H2,2-3H3. The third-order valence-corrected chi connectivity index (χ3v) is 2.43. The number of aromatic nitrogens is 2. The van der Waals surface area contributed by atoms with Gasteiger partial charge in [0.2, 0.25) is 5.28 Å². The molecule has 1 saturated heterocycles. The maximum Gasteiger partial charge on any atom is 0.566 e. The SMILES string of the molecule is C=C1OB(c2cnc(Cl)nc2)OC1(C)C. The van der Waals surface area contributed by atoms with Gasteiger partial charge in [-0.15, -0.1) is 0 Å². The van der Waals surface area contributed by atoms with Gasteiger partial charge >= 0.3 is 7.12 Å². The lowest BCUT2D eigenvalue weighted by atomic mass is 9.81. The Kier molecular flexibility index (Phi) is 2.44. The van der Waals surface area contributed by atoms with Crippen molar-refractivity contribution >= 4 is 24.2 Å². The van der Waals surface area contributed by atoms with Crippen LogP contribution in [-0.4, -0.2) is 22.7 Å². The van der Waals surface area contributed by atoms with Crippen molar-refractivity contribution in [1.82, 2.24) is 9.97 Å². The van der Waals surface area contributed by atoms with E-state index in [1.807, 2.05) is 13.8 Å². The normalized spacial score (nSPS) is 19.1. The van der Waals surface area contributed by atoms with Gasteiger partial charge in [0.05, 0.1) is 5.76 Å². The summed E-state index contributed by atoms with van der Waals surface area (Å²) in [4.78, 5) is 7.72. The molecule has 0 radical (unpaired) electrons. The highest BCUT2D eigenvalue weighted by molar-refractivity contribution is 6.62. The Labute approximate surface area is 93.4 Å². The molecule has 4 nitrogen and oxygen atoms in total. The maximum atomic E-state index is 5.64. The van der Waals surface area contributed by atoms with Gasteiger partial charge in [-0.3, -0.25) is 0 Å². The molecular formula is C9H10BClN2O2. The first-order chi connectivity index (χ1) is 6.99. The Morgan fingerprint density at radius 1 is 1.40 bits per heavy atom. The van der Waals surface area contributed by atoms with Crippen molar-refractivity contribution in [3.05, 3.63) is 30.0 Å². The molecule has 15 heavy (non-hydrogen) atoms. The van der Waals surface area contributed by atoms with Crippen LogP contribution in [0.4, 0.5) is 0 Å². The number of nitrogens with zero attached hydrogens (tertiary/aromatic N) is 2. The van der Waals surface area contributed by atoms with Crippen LogP contribution in [0, 0.1) is 0 Å². The van der Waals surface area contributed by atoms with Crippen molar-refractivity contribution in [2.75, 3.05) is 0 Å². The molecule has 1 fully saturated rings. The first-order valence-electron chi connectivity index (χ1n) is 4.50. The number of rotatable bonds is 1. The van der Waals surface area contributed by atoms with Crippen LogP contribution in [0.15, 0.2) is 24.7 Å². The van der Waals surface area contributed by atoms with Crippen LogP contribution >= 0.6 is 11.6 Å². The fraction of sp³-hybridized carbons (Fsp3) is 0.333. The van der Waals surface area contributed by atoms with Crippen molar-refractivity contribution < 1.29 is 9.31 Å². The maximum absolute atomic E-state index is 5.64. The number of halogens is 1. The molecule has 1 aromatic heterocycles. The van der Waals surface area contributed by atoms with Gasteiger partial charge < -0.3 is 9.31 Å². The van der Waals surface area contributed by atoms with Gasteiger partial charge in [0.15, 0.2) is 0 Å². The molecule has 0 atom stereocenters. The molecule has 0 unspecified atom stereocenters. The Morgan fingerprint density at radius 2 is 2.00 bits per heavy atom. The molecule has 2 heterocycles. The van der Waals surface area contributed by atoms with Gasteiger partial charge in [0, 0.05) is 17.9 Å². The summed E-state index contributed by atoms with van der Waals surface area (Å²) >= 11 is 5.58. The summed E-state index contributed by atoms with van der Waals surface area (Å²) in [5.74, 6) is 0.599. The molecule has 1 aliphatic rings. The molecule has 6 heteroatoms. The second kappa shape index (κ2) is 3.50. The molecule has 2 rings (SSSR count). The van der Waals surface area contributed by atoms with Gasteiger partial charge in [-0.1, -0.05) is 6.58 Å². The van der Waals surface area contributed by atoms with Crippen molar-refractivity contribution in [3.8, 4) is 0 Å². The van der Waals surface area contributed by atoms with Crippen molar-refractivity contribution in [3.63, 3.8) is 0 Å². The molecule has 0 spiro atoms. The molecule has 0 aromatic carbocycles. The Morgan fingerprint density at radius 3 is 2.47 bits per heavy atom.